The minimum atomic E-state index is -0.405. The van der Waals surface area contributed by atoms with Gasteiger partial charge in [0.1, 0.15) is 0 Å². The van der Waals surface area contributed by atoms with Gasteiger partial charge in [-0.15, -0.1) is 6.58 Å². The van der Waals surface area contributed by atoms with Crippen LogP contribution in [0.4, 0.5) is 0 Å². The van der Waals surface area contributed by atoms with Crippen LogP contribution < -0.4 is 0 Å². The second kappa shape index (κ2) is 3.85. The molecule has 1 unspecified atom stereocenters. The Balaban J connectivity index is 2.48. The van der Waals surface area contributed by atoms with E-state index in [2.05, 4.69) is 6.58 Å². The smallest absolute Gasteiger partial charge is 0.162 e. The first-order valence-electron chi connectivity index (χ1n) is 3.73. The number of rotatable bonds is 3. The molecule has 0 aromatic carbocycles. The normalized spacial score (nSPS) is 37.5. The van der Waals surface area contributed by atoms with Gasteiger partial charge in [-0.3, -0.25) is 0 Å². The van der Waals surface area contributed by atoms with E-state index < -0.39 is 6.10 Å². The summed E-state index contributed by atoms with van der Waals surface area (Å²) in [6, 6.07) is 0. The summed E-state index contributed by atoms with van der Waals surface area (Å²) in [6.07, 6.45) is 1.84. The van der Waals surface area contributed by atoms with Gasteiger partial charge in [-0.05, 0) is 6.42 Å². The van der Waals surface area contributed by atoms with Gasteiger partial charge in [0, 0.05) is 13.0 Å². The summed E-state index contributed by atoms with van der Waals surface area (Å²) >= 11 is 0. The Hall–Kier alpha value is -0.380. The maximum atomic E-state index is 9.37. The standard InChI is InChI=1S/C8H14O3/c1-3-4-6-7(9)5-11-8(6)10-2/h3,6-9H,1,4-5H2,2H3/t6-,7-,8?/m0/s1. The highest BCUT2D eigenvalue weighted by Crippen LogP contribution is 2.25. The van der Waals surface area contributed by atoms with Crippen LogP contribution in [-0.4, -0.2) is 31.2 Å². The van der Waals surface area contributed by atoms with Gasteiger partial charge in [0.25, 0.3) is 0 Å². The van der Waals surface area contributed by atoms with E-state index in [1.165, 1.54) is 0 Å². The minimum Gasteiger partial charge on any atom is -0.390 e. The molecule has 1 aliphatic heterocycles. The third-order valence-corrected chi connectivity index (χ3v) is 1.95. The number of hydrogen-bond donors (Lipinski definition) is 1. The van der Waals surface area contributed by atoms with Gasteiger partial charge in [0.05, 0.1) is 12.7 Å². The van der Waals surface area contributed by atoms with Crippen LogP contribution in [0.5, 0.6) is 0 Å². The number of aliphatic hydroxyl groups is 1. The van der Waals surface area contributed by atoms with Gasteiger partial charge in [-0.2, -0.15) is 0 Å². The van der Waals surface area contributed by atoms with Crippen LogP contribution in [0.2, 0.25) is 0 Å². The second-order valence-electron chi connectivity index (χ2n) is 2.69. The molecule has 0 aliphatic carbocycles. The van der Waals surface area contributed by atoms with Crippen LogP contribution in [0.3, 0.4) is 0 Å². The predicted molar refractivity (Wildman–Crippen MR) is 41.1 cm³/mol. The molecule has 1 rings (SSSR count). The first-order chi connectivity index (χ1) is 5.29. The molecule has 1 heterocycles. The first kappa shape index (κ1) is 8.71. The molecule has 3 nitrogen and oxygen atoms in total. The first-order valence-corrected chi connectivity index (χ1v) is 3.73. The number of allylic oxidation sites excluding steroid dienone is 1. The SMILES string of the molecule is C=CC[C@@H]1C(OC)OC[C@@H]1O. The molecule has 64 valence electrons. The highest BCUT2D eigenvalue weighted by atomic mass is 16.7. The summed E-state index contributed by atoms with van der Waals surface area (Å²) in [6.45, 7) is 3.98. The predicted octanol–water partition coefficient (Wildman–Crippen LogP) is 0.542. The minimum absolute atomic E-state index is 0.0532. The van der Waals surface area contributed by atoms with Crippen molar-refractivity contribution >= 4 is 0 Å². The van der Waals surface area contributed by atoms with Gasteiger partial charge in [0.2, 0.25) is 0 Å². The third-order valence-electron chi connectivity index (χ3n) is 1.95. The van der Waals surface area contributed by atoms with Crippen molar-refractivity contribution in [3.63, 3.8) is 0 Å². The molecule has 0 aromatic rings. The van der Waals surface area contributed by atoms with Gasteiger partial charge < -0.3 is 14.6 Å². The molecule has 0 aromatic heterocycles. The molecular weight excluding hydrogens is 144 g/mol. The summed E-state index contributed by atoms with van der Waals surface area (Å²) in [7, 11) is 1.58. The molecule has 11 heavy (non-hydrogen) atoms. The summed E-state index contributed by atoms with van der Waals surface area (Å²) in [4.78, 5) is 0. The van der Waals surface area contributed by atoms with E-state index in [0.29, 0.717) is 6.61 Å². The van der Waals surface area contributed by atoms with E-state index in [0.717, 1.165) is 6.42 Å². The Kier molecular flexibility index (Phi) is 3.05. The lowest BCUT2D eigenvalue weighted by Gasteiger charge is -2.16. The Bertz CT molecular complexity index is 135. The largest absolute Gasteiger partial charge is 0.390 e. The van der Waals surface area contributed by atoms with Crippen LogP contribution in [0.15, 0.2) is 12.7 Å². The van der Waals surface area contributed by atoms with Crippen molar-refractivity contribution in [3.05, 3.63) is 12.7 Å². The molecule has 1 saturated heterocycles. The van der Waals surface area contributed by atoms with Crippen molar-refractivity contribution in [1.82, 2.24) is 0 Å². The van der Waals surface area contributed by atoms with Gasteiger partial charge in [0.15, 0.2) is 6.29 Å². The third kappa shape index (κ3) is 1.80. The second-order valence-corrected chi connectivity index (χ2v) is 2.69. The molecule has 1 aliphatic rings. The van der Waals surface area contributed by atoms with E-state index in [4.69, 9.17) is 9.47 Å². The molecule has 0 amide bonds. The van der Waals surface area contributed by atoms with Crippen molar-refractivity contribution in [2.24, 2.45) is 5.92 Å². The highest BCUT2D eigenvalue weighted by molar-refractivity contribution is 4.84. The van der Waals surface area contributed by atoms with Crippen molar-refractivity contribution in [1.29, 1.82) is 0 Å². The van der Waals surface area contributed by atoms with Gasteiger partial charge >= 0.3 is 0 Å². The molecule has 0 spiro atoms. The maximum absolute atomic E-state index is 9.37. The number of ether oxygens (including phenoxy) is 2. The monoisotopic (exact) mass is 158 g/mol. The van der Waals surface area contributed by atoms with E-state index in [1.807, 2.05) is 0 Å². The fraction of sp³-hybridized carbons (Fsp3) is 0.750. The molecule has 1 fully saturated rings. The van der Waals surface area contributed by atoms with Gasteiger partial charge in [-0.25, -0.2) is 0 Å². The lowest BCUT2D eigenvalue weighted by Crippen LogP contribution is -2.24. The van der Waals surface area contributed by atoms with E-state index in [1.54, 1.807) is 13.2 Å². The number of aliphatic hydroxyl groups excluding tert-OH is 1. The topological polar surface area (TPSA) is 38.7 Å². The van der Waals surface area contributed by atoms with E-state index in [-0.39, 0.29) is 12.2 Å². The van der Waals surface area contributed by atoms with Crippen LogP contribution >= 0.6 is 0 Å². The van der Waals surface area contributed by atoms with Crippen LogP contribution in [0.1, 0.15) is 6.42 Å². The zero-order chi connectivity index (χ0) is 8.27. The fourth-order valence-corrected chi connectivity index (χ4v) is 1.33. The van der Waals surface area contributed by atoms with Crippen molar-refractivity contribution in [2.75, 3.05) is 13.7 Å². The summed E-state index contributed by atoms with van der Waals surface area (Å²) in [5.41, 5.74) is 0. The van der Waals surface area contributed by atoms with Gasteiger partial charge in [-0.1, -0.05) is 6.08 Å². The molecule has 3 heteroatoms. The number of hydrogen-bond acceptors (Lipinski definition) is 3. The zero-order valence-electron chi connectivity index (χ0n) is 6.69. The Labute approximate surface area is 66.6 Å². The zero-order valence-corrected chi connectivity index (χ0v) is 6.69. The Morgan fingerprint density at radius 2 is 2.55 bits per heavy atom. The molecule has 1 N–H and O–H groups in total. The lowest BCUT2D eigenvalue weighted by atomic mass is 10.0. The van der Waals surface area contributed by atoms with E-state index in [9.17, 15) is 5.11 Å². The maximum Gasteiger partial charge on any atom is 0.162 e. The van der Waals surface area contributed by atoms with Crippen LogP contribution in [0, 0.1) is 5.92 Å². The Morgan fingerprint density at radius 3 is 3.09 bits per heavy atom. The van der Waals surface area contributed by atoms with Crippen LogP contribution in [0.25, 0.3) is 0 Å². The summed E-state index contributed by atoms with van der Waals surface area (Å²) < 4.78 is 10.2. The average Bonchev–Trinajstić information content (AvgIpc) is 2.34. The number of methoxy groups -OCH3 is 1. The summed E-state index contributed by atoms with van der Waals surface area (Å²) in [5.74, 6) is 0.0532. The molecule has 0 bridgehead atoms. The highest BCUT2D eigenvalue weighted by Gasteiger charge is 2.34. The van der Waals surface area contributed by atoms with Crippen molar-refractivity contribution < 1.29 is 14.6 Å². The molecule has 3 atom stereocenters. The molecule has 0 radical (unpaired) electrons. The average molecular weight is 158 g/mol. The van der Waals surface area contributed by atoms with Crippen molar-refractivity contribution in [3.8, 4) is 0 Å². The molecular formula is C8H14O3. The fourth-order valence-electron chi connectivity index (χ4n) is 1.33. The van der Waals surface area contributed by atoms with E-state index >= 15 is 0 Å². The lowest BCUT2D eigenvalue weighted by molar-refractivity contribution is -0.109. The summed E-state index contributed by atoms with van der Waals surface area (Å²) in [5, 5.41) is 9.37. The van der Waals surface area contributed by atoms with Crippen molar-refractivity contribution in [2.45, 2.75) is 18.8 Å². The quantitative estimate of drug-likeness (QED) is 0.609. The van der Waals surface area contributed by atoms with Crippen LogP contribution in [-0.2, 0) is 9.47 Å². The molecule has 0 saturated carbocycles. The Morgan fingerprint density at radius 1 is 1.82 bits per heavy atom.